The van der Waals surface area contributed by atoms with Gasteiger partial charge in [0.15, 0.2) is 11.3 Å². The molecule has 3 nitrogen and oxygen atoms in total. The Kier molecular flexibility index (Phi) is 3.00. The molecule has 0 bridgehead atoms. The highest BCUT2D eigenvalue weighted by Gasteiger charge is 2.31. The molecule has 18 heavy (non-hydrogen) atoms. The maximum atomic E-state index is 6.18. The Balaban J connectivity index is 1.94. The third kappa shape index (κ3) is 2.10. The zero-order valence-electron chi connectivity index (χ0n) is 10.7. The van der Waals surface area contributed by atoms with Crippen molar-refractivity contribution in [3.63, 3.8) is 0 Å². The lowest BCUT2D eigenvalue weighted by atomic mass is 10.1. The van der Waals surface area contributed by atoms with Gasteiger partial charge >= 0.3 is 0 Å². The summed E-state index contributed by atoms with van der Waals surface area (Å²) < 4.78 is 11.6. The molecule has 3 heteroatoms. The van der Waals surface area contributed by atoms with Crippen LogP contribution in [-0.2, 0) is 0 Å². The van der Waals surface area contributed by atoms with Gasteiger partial charge < -0.3 is 14.9 Å². The van der Waals surface area contributed by atoms with Crippen LogP contribution >= 0.6 is 0 Å². The molecule has 1 fully saturated rings. The van der Waals surface area contributed by atoms with E-state index in [-0.39, 0.29) is 6.04 Å². The van der Waals surface area contributed by atoms with Crippen LogP contribution in [0, 0.1) is 5.92 Å². The Labute approximate surface area is 107 Å². The highest BCUT2D eigenvalue weighted by Crippen LogP contribution is 2.41. The monoisotopic (exact) mass is 245 g/mol. The number of rotatable bonds is 5. The number of hydrogen-bond donors (Lipinski definition) is 1. The summed E-state index contributed by atoms with van der Waals surface area (Å²) in [5, 5.41) is 1.08. The standard InChI is InChI=1S/C15H19NO2/c1-2-8-17-12-5-3-4-11-9-13(18-15(11)12)14(16)10-6-7-10/h3-5,9-10,14H,2,6-8,16H2,1H3. The first kappa shape index (κ1) is 11.6. The molecule has 3 rings (SSSR count). The number of benzene rings is 1. The fraction of sp³-hybridized carbons (Fsp3) is 0.467. The normalized spacial score (nSPS) is 17.0. The SMILES string of the molecule is CCCOc1cccc2cc(C(N)C3CC3)oc12. The van der Waals surface area contributed by atoms with Crippen molar-refractivity contribution in [2.45, 2.75) is 32.2 Å². The van der Waals surface area contributed by atoms with E-state index < -0.39 is 0 Å². The number of ether oxygens (including phenoxy) is 1. The van der Waals surface area contributed by atoms with Gasteiger partial charge in [-0.15, -0.1) is 0 Å². The van der Waals surface area contributed by atoms with Crippen LogP contribution in [0.1, 0.15) is 38.0 Å². The van der Waals surface area contributed by atoms with Gasteiger partial charge in [-0.3, -0.25) is 0 Å². The van der Waals surface area contributed by atoms with Crippen LogP contribution < -0.4 is 10.5 Å². The Hall–Kier alpha value is -1.48. The molecule has 96 valence electrons. The maximum Gasteiger partial charge on any atom is 0.176 e. The van der Waals surface area contributed by atoms with E-state index in [4.69, 9.17) is 14.9 Å². The zero-order chi connectivity index (χ0) is 12.5. The van der Waals surface area contributed by atoms with Crippen molar-refractivity contribution in [1.82, 2.24) is 0 Å². The topological polar surface area (TPSA) is 48.4 Å². The molecule has 2 N–H and O–H groups in total. The summed E-state index contributed by atoms with van der Waals surface area (Å²) in [6.45, 7) is 2.81. The highest BCUT2D eigenvalue weighted by molar-refractivity contribution is 5.83. The van der Waals surface area contributed by atoms with Crippen LogP contribution in [0.4, 0.5) is 0 Å². The molecule has 0 saturated heterocycles. The van der Waals surface area contributed by atoms with E-state index >= 15 is 0 Å². The number of hydrogen-bond acceptors (Lipinski definition) is 3. The average molecular weight is 245 g/mol. The van der Waals surface area contributed by atoms with Gasteiger partial charge in [-0.05, 0) is 37.3 Å². The van der Waals surface area contributed by atoms with E-state index in [0.29, 0.717) is 12.5 Å². The highest BCUT2D eigenvalue weighted by atomic mass is 16.5. The molecule has 1 heterocycles. The number of para-hydroxylation sites is 1. The van der Waals surface area contributed by atoms with Crippen molar-refractivity contribution in [2.24, 2.45) is 11.7 Å². The first-order chi connectivity index (χ1) is 8.79. The average Bonchev–Trinajstić information content (AvgIpc) is 3.14. The number of fused-ring (bicyclic) bond motifs is 1. The summed E-state index contributed by atoms with van der Waals surface area (Å²) in [4.78, 5) is 0. The predicted octanol–water partition coefficient (Wildman–Crippen LogP) is 3.63. The van der Waals surface area contributed by atoms with Crippen molar-refractivity contribution in [2.75, 3.05) is 6.61 Å². The van der Waals surface area contributed by atoms with E-state index in [1.54, 1.807) is 0 Å². The molecule has 1 saturated carbocycles. The van der Waals surface area contributed by atoms with Gasteiger partial charge in [-0.25, -0.2) is 0 Å². The summed E-state index contributed by atoms with van der Waals surface area (Å²) in [6.07, 6.45) is 3.43. The second-order valence-electron chi connectivity index (χ2n) is 5.03. The van der Waals surface area contributed by atoms with Gasteiger partial charge in [0, 0.05) is 5.39 Å². The van der Waals surface area contributed by atoms with Crippen LogP contribution in [0.15, 0.2) is 28.7 Å². The molecule has 0 aliphatic heterocycles. The molecule has 1 aliphatic carbocycles. The number of furan rings is 1. The predicted molar refractivity (Wildman–Crippen MR) is 71.7 cm³/mol. The Bertz CT molecular complexity index is 542. The molecule has 1 aromatic carbocycles. The van der Waals surface area contributed by atoms with Crippen molar-refractivity contribution in [3.05, 3.63) is 30.0 Å². The third-order valence-corrected chi connectivity index (χ3v) is 3.45. The van der Waals surface area contributed by atoms with Gasteiger partial charge in [-0.1, -0.05) is 19.1 Å². The van der Waals surface area contributed by atoms with Crippen molar-refractivity contribution in [3.8, 4) is 5.75 Å². The Morgan fingerprint density at radius 1 is 1.44 bits per heavy atom. The van der Waals surface area contributed by atoms with Crippen LogP contribution in [0.5, 0.6) is 5.75 Å². The molecule has 0 amide bonds. The Morgan fingerprint density at radius 2 is 2.28 bits per heavy atom. The minimum absolute atomic E-state index is 0.0384. The largest absolute Gasteiger partial charge is 0.490 e. The van der Waals surface area contributed by atoms with Crippen molar-refractivity contribution in [1.29, 1.82) is 0 Å². The van der Waals surface area contributed by atoms with Gasteiger partial charge in [0.1, 0.15) is 5.76 Å². The smallest absolute Gasteiger partial charge is 0.176 e. The zero-order valence-corrected chi connectivity index (χ0v) is 10.7. The second-order valence-corrected chi connectivity index (χ2v) is 5.03. The lowest BCUT2D eigenvalue weighted by molar-refractivity contribution is 0.314. The van der Waals surface area contributed by atoms with Gasteiger partial charge in [-0.2, -0.15) is 0 Å². The van der Waals surface area contributed by atoms with Crippen LogP contribution in [0.2, 0.25) is 0 Å². The van der Waals surface area contributed by atoms with E-state index in [1.165, 1.54) is 12.8 Å². The van der Waals surface area contributed by atoms with Gasteiger partial charge in [0.25, 0.3) is 0 Å². The summed E-state index contributed by atoms with van der Waals surface area (Å²) in [6, 6.07) is 8.08. The van der Waals surface area contributed by atoms with Crippen LogP contribution in [0.3, 0.4) is 0 Å². The molecule has 1 unspecified atom stereocenters. The van der Waals surface area contributed by atoms with E-state index in [0.717, 1.165) is 28.9 Å². The fourth-order valence-corrected chi connectivity index (χ4v) is 2.23. The van der Waals surface area contributed by atoms with Gasteiger partial charge in [0.2, 0.25) is 0 Å². The van der Waals surface area contributed by atoms with Crippen LogP contribution in [-0.4, -0.2) is 6.61 Å². The summed E-state index contributed by atoms with van der Waals surface area (Å²) in [5.74, 6) is 2.31. The summed E-state index contributed by atoms with van der Waals surface area (Å²) in [7, 11) is 0. The molecule has 1 aliphatic rings. The number of nitrogens with two attached hydrogens (primary N) is 1. The van der Waals surface area contributed by atoms with Gasteiger partial charge in [0.05, 0.1) is 12.6 Å². The van der Waals surface area contributed by atoms with E-state index in [9.17, 15) is 0 Å². The van der Waals surface area contributed by atoms with E-state index in [1.807, 2.05) is 18.2 Å². The molecule has 1 aromatic heterocycles. The first-order valence-electron chi connectivity index (χ1n) is 6.70. The Morgan fingerprint density at radius 3 is 3.00 bits per heavy atom. The molecular formula is C15H19NO2. The third-order valence-electron chi connectivity index (χ3n) is 3.45. The molecular weight excluding hydrogens is 226 g/mol. The lowest BCUT2D eigenvalue weighted by Gasteiger charge is -2.06. The molecule has 0 radical (unpaired) electrons. The second kappa shape index (κ2) is 4.65. The van der Waals surface area contributed by atoms with Crippen molar-refractivity contribution >= 4 is 11.0 Å². The minimum atomic E-state index is 0.0384. The molecule has 1 atom stereocenters. The van der Waals surface area contributed by atoms with E-state index in [2.05, 4.69) is 13.0 Å². The van der Waals surface area contributed by atoms with Crippen LogP contribution in [0.25, 0.3) is 11.0 Å². The minimum Gasteiger partial charge on any atom is -0.490 e. The fourth-order valence-electron chi connectivity index (χ4n) is 2.23. The summed E-state index contributed by atoms with van der Waals surface area (Å²) >= 11 is 0. The lowest BCUT2D eigenvalue weighted by Crippen LogP contribution is -2.10. The summed E-state index contributed by atoms with van der Waals surface area (Å²) in [5.41, 5.74) is 7.01. The van der Waals surface area contributed by atoms with Crippen molar-refractivity contribution < 1.29 is 9.15 Å². The first-order valence-corrected chi connectivity index (χ1v) is 6.70. The maximum absolute atomic E-state index is 6.18. The molecule has 0 spiro atoms. The quantitative estimate of drug-likeness (QED) is 0.875. The molecule has 2 aromatic rings.